The van der Waals surface area contributed by atoms with Crippen LogP contribution in [0, 0.1) is 0 Å². The van der Waals surface area contributed by atoms with E-state index in [9.17, 15) is 4.79 Å². The molecule has 1 atom stereocenters. The lowest BCUT2D eigenvalue weighted by molar-refractivity contribution is -0.138. The van der Waals surface area contributed by atoms with E-state index in [-0.39, 0.29) is 12.4 Å². The van der Waals surface area contributed by atoms with Crippen molar-refractivity contribution >= 4 is 18.4 Å². The molecule has 0 spiro atoms. The number of nitrogens with one attached hydrogen (secondary N) is 1. The molecule has 16 heavy (non-hydrogen) atoms. The second-order valence-electron chi connectivity index (χ2n) is 3.29. The van der Waals surface area contributed by atoms with Gasteiger partial charge in [0.25, 0.3) is 0 Å². The first kappa shape index (κ1) is 12.6. The van der Waals surface area contributed by atoms with Crippen LogP contribution in [0.4, 0.5) is 0 Å². The standard InChI is InChI=1S/C9H11N3O3.ClH/c10-8(9(13)14)4-6-1-2-12-7(3-6)5-11-15-12;/h1-3,5,8,11H,4,10H2,(H,13,14);1H. The Kier molecular flexibility index (Phi) is 3.94. The maximum Gasteiger partial charge on any atom is 0.320 e. The van der Waals surface area contributed by atoms with E-state index in [1.807, 2.05) is 6.08 Å². The van der Waals surface area contributed by atoms with E-state index >= 15 is 0 Å². The van der Waals surface area contributed by atoms with Crippen molar-refractivity contribution < 1.29 is 14.8 Å². The van der Waals surface area contributed by atoms with E-state index in [4.69, 9.17) is 15.8 Å². The number of hydroxylamine groups is 3. The minimum absolute atomic E-state index is 0. The van der Waals surface area contributed by atoms with Gasteiger partial charge in [-0.2, -0.15) is 4.94 Å². The van der Waals surface area contributed by atoms with E-state index in [1.54, 1.807) is 18.5 Å². The lowest BCUT2D eigenvalue weighted by Gasteiger charge is -2.17. The zero-order valence-electron chi connectivity index (χ0n) is 8.29. The highest BCUT2D eigenvalue weighted by Crippen LogP contribution is 2.21. The summed E-state index contributed by atoms with van der Waals surface area (Å²) in [5, 5.41) is 10.2. The van der Waals surface area contributed by atoms with Crippen LogP contribution in [0.2, 0.25) is 0 Å². The normalized spacial score (nSPS) is 18.9. The molecule has 0 saturated heterocycles. The fraction of sp³-hybridized carbons (Fsp3) is 0.222. The molecule has 0 radical (unpaired) electrons. The Morgan fingerprint density at radius 2 is 2.44 bits per heavy atom. The lowest BCUT2D eigenvalue weighted by Crippen LogP contribution is -2.30. The molecule has 7 heteroatoms. The first-order valence-electron chi connectivity index (χ1n) is 4.46. The van der Waals surface area contributed by atoms with E-state index in [0.717, 1.165) is 11.3 Å². The smallest absolute Gasteiger partial charge is 0.320 e. The van der Waals surface area contributed by atoms with Gasteiger partial charge in [0.15, 0.2) is 0 Å². The third-order valence-corrected chi connectivity index (χ3v) is 2.14. The molecule has 2 aliphatic heterocycles. The molecular formula is C9H12ClN3O3. The van der Waals surface area contributed by atoms with Crippen molar-refractivity contribution in [2.24, 2.45) is 5.73 Å². The highest BCUT2D eigenvalue weighted by atomic mass is 35.5. The Labute approximate surface area is 98.4 Å². The number of allylic oxidation sites excluding steroid dienone is 2. The van der Waals surface area contributed by atoms with Gasteiger partial charge in [-0.3, -0.25) is 4.79 Å². The summed E-state index contributed by atoms with van der Waals surface area (Å²) >= 11 is 0. The highest BCUT2D eigenvalue weighted by molar-refractivity contribution is 5.85. The van der Waals surface area contributed by atoms with E-state index in [2.05, 4.69) is 5.48 Å². The Morgan fingerprint density at radius 3 is 3.12 bits per heavy atom. The van der Waals surface area contributed by atoms with Crippen LogP contribution in [0.3, 0.4) is 0 Å². The van der Waals surface area contributed by atoms with Crippen molar-refractivity contribution in [3.8, 4) is 0 Å². The zero-order chi connectivity index (χ0) is 10.8. The number of nitrogens with two attached hydrogens (primary N) is 1. The third kappa shape index (κ3) is 2.54. The molecule has 2 heterocycles. The monoisotopic (exact) mass is 245 g/mol. The van der Waals surface area contributed by atoms with Gasteiger partial charge in [-0.1, -0.05) is 0 Å². The summed E-state index contributed by atoms with van der Waals surface area (Å²) in [6, 6.07) is -0.872. The van der Waals surface area contributed by atoms with Crippen LogP contribution in [-0.2, 0) is 9.73 Å². The van der Waals surface area contributed by atoms with Crippen molar-refractivity contribution in [2.45, 2.75) is 12.5 Å². The maximum atomic E-state index is 10.6. The van der Waals surface area contributed by atoms with E-state index in [0.29, 0.717) is 6.42 Å². The number of carbonyl (C=O) groups is 1. The number of hydrogen-bond acceptors (Lipinski definition) is 5. The van der Waals surface area contributed by atoms with Crippen LogP contribution in [0.15, 0.2) is 35.8 Å². The third-order valence-electron chi connectivity index (χ3n) is 2.14. The van der Waals surface area contributed by atoms with Crippen LogP contribution >= 0.6 is 12.4 Å². The zero-order valence-corrected chi connectivity index (χ0v) is 9.11. The quantitative estimate of drug-likeness (QED) is 0.661. The van der Waals surface area contributed by atoms with E-state index < -0.39 is 12.0 Å². The molecule has 0 amide bonds. The van der Waals surface area contributed by atoms with Crippen molar-refractivity contribution in [3.05, 3.63) is 35.8 Å². The summed E-state index contributed by atoms with van der Waals surface area (Å²) in [5.74, 6) is -0.999. The van der Waals surface area contributed by atoms with Gasteiger partial charge >= 0.3 is 5.97 Å². The number of halogens is 1. The predicted octanol–water partition coefficient (Wildman–Crippen LogP) is 0.257. The van der Waals surface area contributed by atoms with Crippen LogP contribution in [0.1, 0.15) is 6.42 Å². The van der Waals surface area contributed by atoms with Gasteiger partial charge in [0.1, 0.15) is 6.04 Å². The summed E-state index contributed by atoms with van der Waals surface area (Å²) < 4.78 is 0. The molecule has 2 aliphatic rings. The molecule has 0 fully saturated rings. The van der Waals surface area contributed by atoms with Crippen LogP contribution in [-0.4, -0.2) is 22.2 Å². The Balaban J connectivity index is 0.00000128. The van der Waals surface area contributed by atoms with E-state index in [1.165, 1.54) is 5.06 Å². The fourth-order valence-corrected chi connectivity index (χ4v) is 1.35. The predicted molar refractivity (Wildman–Crippen MR) is 58.8 cm³/mol. The molecule has 4 N–H and O–H groups in total. The van der Waals surface area contributed by atoms with Gasteiger partial charge < -0.3 is 10.8 Å². The van der Waals surface area contributed by atoms with Crippen molar-refractivity contribution in [2.75, 3.05) is 0 Å². The Bertz CT molecular complexity index is 378. The largest absolute Gasteiger partial charge is 0.480 e. The summed E-state index contributed by atoms with van der Waals surface area (Å²) in [5.41, 5.74) is 9.70. The summed E-state index contributed by atoms with van der Waals surface area (Å²) in [4.78, 5) is 15.5. The summed E-state index contributed by atoms with van der Waals surface area (Å²) in [6.45, 7) is 0. The number of rotatable bonds is 3. The number of nitrogens with zero attached hydrogens (tertiary/aromatic N) is 1. The molecule has 6 nitrogen and oxygen atoms in total. The number of hydrogen-bond donors (Lipinski definition) is 3. The Morgan fingerprint density at radius 1 is 1.69 bits per heavy atom. The summed E-state index contributed by atoms with van der Waals surface area (Å²) in [7, 11) is 0. The van der Waals surface area contributed by atoms with Crippen molar-refractivity contribution in [3.63, 3.8) is 0 Å². The highest BCUT2D eigenvalue weighted by Gasteiger charge is 2.19. The van der Waals surface area contributed by atoms with Crippen molar-refractivity contribution in [1.82, 2.24) is 10.5 Å². The molecule has 0 aromatic carbocycles. The second kappa shape index (κ2) is 5.02. The van der Waals surface area contributed by atoms with Gasteiger partial charge in [-0.25, -0.2) is 10.5 Å². The minimum Gasteiger partial charge on any atom is -0.480 e. The minimum atomic E-state index is -0.999. The molecule has 88 valence electrons. The first-order valence-corrected chi connectivity index (χ1v) is 4.46. The Hall–Kier alpha value is -1.50. The fourth-order valence-electron chi connectivity index (χ4n) is 1.35. The molecule has 0 aromatic rings. The molecule has 0 aliphatic carbocycles. The van der Waals surface area contributed by atoms with Crippen LogP contribution in [0.5, 0.6) is 0 Å². The van der Waals surface area contributed by atoms with Crippen LogP contribution in [0.25, 0.3) is 0 Å². The van der Waals surface area contributed by atoms with Gasteiger partial charge in [0.05, 0.1) is 11.9 Å². The van der Waals surface area contributed by atoms with Crippen molar-refractivity contribution in [1.29, 1.82) is 0 Å². The number of carboxylic acid groups (broad SMARTS) is 1. The molecule has 1 unspecified atom stereocenters. The maximum absolute atomic E-state index is 10.6. The molecular weight excluding hydrogens is 234 g/mol. The van der Waals surface area contributed by atoms with Crippen LogP contribution < -0.4 is 11.2 Å². The first-order chi connectivity index (χ1) is 7.16. The summed E-state index contributed by atoms with van der Waals surface area (Å²) in [6.07, 6.45) is 7.28. The number of fused-ring (bicyclic) bond motifs is 1. The second-order valence-corrected chi connectivity index (χ2v) is 3.29. The number of aliphatic carboxylic acids is 1. The van der Waals surface area contributed by atoms with Gasteiger partial charge in [0, 0.05) is 6.20 Å². The number of carboxylic acids is 1. The molecule has 0 bridgehead atoms. The van der Waals surface area contributed by atoms with Gasteiger partial charge in [-0.05, 0) is 24.1 Å². The van der Waals surface area contributed by atoms with Gasteiger partial charge in [-0.15, -0.1) is 12.4 Å². The topological polar surface area (TPSA) is 87.8 Å². The SMILES string of the molecule is Cl.NC(CC1=CC2=CNON2C=C1)C(=O)O. The molecule has 0 aromatic heterocycles. The average Bonchev–Trinajstić information content (AvgIpc) is 2.64. The van der Waals surface area contributed by atoms with Gasteiger partial charge in [0.2, 0.25) is 0 Å². The molecule has 0 saturated carbocycles. The molecule has 2 rings (SSSR count). The lowest BCUT2D eigenvalue weighted by atomic mass is 10.0. The average molecular weight is 246 g/mol.